The number of fused-ring (bicyclic) bond motifs is 1. The van der Waals surface area contributed by atoms with Gasteiger partial charge in [0, 0.05) is 29.2 Å². The van der Waals surface area contributed by atoms with Gasteiger partial charge in [0.15, 0.2) is 5.82 Å². The number of nitrogens with one attached hydrogen (secondary N) is 1. The van der Waals surface area contributed by atoms with Crippen LogP contribution in [0.5, 0.6) is 0 Å². The van der Waals surface area contributed by atoms with Crippen LogP contribution in [0.3, 0.4) is 0 Å². The van der Waals surface area contributed by atoms with Crippen LogP contribution in [-0.4, -0.2) is 43.0 Å². The summed E-state index contributed by atoms with van der Waals surface area (Å²) in [5.74, 6) is 1.64. The average molecular weight is 373 g/mol. The number of benzene rings is 2. The fourth-order valence-electron chi connectivity index (χ4n) is 3.95. The third kappa shape index (κ3) is 3.03. The van der Waals surface area contributed by atoms with Gasteiger partial charge in [0.2, 0.25) is 0 Å². The Kier molecular flexibility index (Phi) is 4.09. The topological polar surface area (TPSA) is 88.7 Å². The van der Waals surface area contributed by atoms with E-state index < -0.39 is 0 Å². The van der Waals surface area contributed by atoms with Crippen molar-refractivity contribution in [2.75, 3.05) is 18.8 Å². The lowest BCUT2D eigenvalue weighted by Crippen LogP contribution is -2.19. The maximum Gasteiger partial charge on any atom is 0.181 e. The Hall–Kier alpha value is -3.19. The number of aromatic nitrogens is 5. The number of hydrogen-bond donors (Lipinski definition) is 2. The Morgan fingerprint density at radius 1 is 1.07 bits per heavy atom. The van der Waals surface area contributed by atoms with Crippen LogP contribution >= 0.6 is 0 Å². The van der Waals surface area contributed by atoms with Crippen molar-refractivity contribution in [3.63, 3.8) is 0 Å². The van der Waals surface area contributed by atoms with E-state index in [1.807, 2.05) is 36.0 Å². The SMILES string of the molecule is Cn1nc(-c2cccc(N)c2)c2cc(-c3n[nH]c(CN4CCCC4)n3)ccc21. The number of anilines is 1. The van der Waals surface area contributed by atoms with Crippen LogP contribution in [0.1, 0.15) is 18.7 Å². The number of aromatic amines is 1. The fourth-order valence-corrected chi connectivity index (χ4v) is 3.95. The quantitative estimate of drug-likeness (QED) is 0.536. The molecule has 0 atom stereocenters. The van der Waals surface area contributed by atoms with Crippen LogP contribution in [0.2, 0.25) is 0 Å². The molecular weight excluding hydrogens is 350 g/mol. The molecule has 1 saturated heterocycles. The zero-order valence-corrected chi connectivity index (χ0v) is 15.9. The largest absolute Gasteiger partial charge is 0.399 e. The van der Waals surface area contributed by atoms with Gasteiger partial charge in [-0.3, -0.25) is 14.7 Å². The third-order valence-electron chi connectivity index (χ3n) is 5.37. The van der Waals surface area contributed by atoms with Gasteiger partial charge in [-0.2, -0.15) is 10.2 Å². The highest BCUT2D eigenvalue weighted by Crippen LogP contribution is 2.31. The van der Waals surface area contributed by atoms with Crippen LogP contribution in [-0.2, 0) is 13.6 Å². The summed E-state index contributed by atoms with van der Waals surface area (Å²) in [6.45, 7) is 3.11. The summed E-state index contributed by atoms with van der Waals surface area (Å²) in [5, 5.41) is 13.3. The number of nitrogens with zero attached hydrogens (tertiary/aromatic N) is 5. The Balaban J connectivity index is 1.52. The summed E-state index contributed by atoms with van der Waals surface area (Å²) >= 11 is 0. The van der Waals surface area contributed by atoms with Crippen LogP contribution < -0.4 is 5.73 Å². The number of nitrogens with two attached hydrogens (primary N) is 1. The van der Waals surface area contributed by atoms with Gasteiger partial charge in [0.25, 0.3) is 0 Å². The zero-order chi connectivity index (χ0) is 19.1. The van der Waals surface area contributed by atoms with E-state index in [4.69, 9.17) is 15.8 Å². The van der Waals surface area contributed by atoms with Gasteiger partial charge >= 0.3 is 0 Å². The second-order valence-corrected chi connectivity index (χ2v) is 7.42. The first kappa shape index (κ1) is 16.9. The molecule has 1 fully saturated rings. The van der Waals surface area contributed by atoms with Crippen molar-refractivity contribution in [2.45, 2.75) is 19.4 Å². The molecule has 5 rings (SSSR count). The van der Waals surface area contributed by atoms with Gasteiger partial charge in [-0.05, 0) is 56.3 Å². The van der Waals surface area contributed by atoms with Crippen molar-refractivity contribution >= 4 is 16.6 Å². The maximum atomic E-state index is 5.97. The minimum Gasteiger partial charge on any atom is -0.399 e. The van der Waals surface area contributed by atoms with E-state index in [0.717, 1.165) is 64.7 Å². The first-order chi connectivity index (χ1) is 13.7. The van der Waals surface area contributed by atoms with Crippen LogP contribution in [0, 0.1) is 0 Å². The molecule has 142 valence electrons. The molecule has 28 heavy (non-hydrogen) atoms. The molecule has 7 heteroatoms. The predicted molar refractivity (Wildman–Crippen MR) is 110 cm³/mol. The Morgan fingerprint density at radius 2 is 1.93 bits per heavy atom. The summed E-state index contributed by atoms with van der Waals surface area (Å²) < 4.78 is 1.90. The summed E-state index contributed by atoms with van der Waals surface area (Å²) in [4.78, 5) is 7.13. The highest BCUT2D eigenvalue weighted by molar-refractivity contribution is 5.96. The van der Waals surface area contributed by atoms with Crippen LogP contribution in [0.15, 0.2) is 42.5 Å². The molecule has 0 saturated carbocycles. The molecule has 0 bridgehead atoms. The van der Waals surface area contributed by atoms with Crippen molar-refractivity contribution in [1.29, 1.82) is 0 Å². The summed E-state index contributed by atoms with van der Waals surface area (Å²) in [6, 6.07) is 14.1. The molecule has 0 unspecified atom stereocenters. The van der Waals surface area contributed by atoms with Crippen molar-refractivity contribution in [2.24, 2.45) is 7.05 Å². The van der Waals surface area contributed by atoms with E-state index in [9.17, 15) is 0 Å². The summed E-state index contributed by atoms with van der Waals surface area (Å²) in [5.41, 5.74) is 10.7. The van der Waals surface area contributed by atoms with Gasteiger partial charge in [-0.25, -0.2) is 4.98 Å². The molecule has 3 heterocycles. The molecular formula is C21H23N7. The van der Waals surface area contributed by atoms with Gasteiger partial charge in [0.1, 0.15) is 11.5 Å². The molecule has 3 N–H and O–H groups in total. The van der Waals surface area contributed by atoms with Gasteiger partial charge in [-0.15, -0.1) is 0 Å². The smallest absolute Gasteiger partial charge is 0.181 e. The number of rotatable bonds is 4. The highest BCUT2D eigenvalue weighted by atomic mass is 15.3. The monoisotopic (exact) mass is 373 g/mol. The van der Waals surface area contributed by atoms with E-state index in [1.165, 1.54) is 12.8 Å². The lowest BCUT2D eigenvalue weighted by Gasteiger charge is -2.11. The number of hydrogen-bond acceptors (Lipinski definition) is 5. The minimum absolute atomic E-state index is 0.721. The Morgan fingerprint density at radius 3 is 2.75 bits per heavy atom. The summed E-state index contributed by atoms with van der Waals surface area (Å²) in [6.07, 6.45) is 2.54. The molecule has 0 amide bonds. The Bertz CT molecular complexity index is 1130. The van der Waals surface area contributed by atoms with Crippen molar-refractivity contribution in [3.05, 3.63) is 48.3 Å². The van der Waals surface area contributed by atoms with Crippen LogP contribution in [0.25, 0.3) is 33.5 Å². The molecule has 0 spiro atoms. The van der Waals surface area contributed by atoms with Crippen molar-refractivity contribution in [1.82, 2.24) is 29.9 Å². The predicted octanol–water partition coefficient (Wildman–Crippen LogP) is 3.20. The highest BCUT2D eigenvalue weighted by Gasteiger charge is 2.16. The first-order valence-electron chi connectivity index (χ1n) is 9.64. The number of likely N-dealkylation sites (tertiary alicyclic amines) is 1. The molecule has 2 aromatic heterocycles. The van der Waals surface area contributed by atoms with Gasteiger partial charge in [0.05, 0.1) is 12.1 Å². The molecule has 0 aliphatic carbocycles. The second-order valence-electron chi connectivity index (χ2n) is 7.42. The zero-order valence-electron chi connectivity index (χ0n) is 15.9. The normalized spacial score (nSPS) is 14.9. The van der Waals surface area contributed by atoms with E-state index in [0.29, 0.717) is 0 Å². The molecule has 7 nitrogen and oxygen atoms in total. The molecule has 2 aromatic carbocycles. The third-order valence-corrected chi connectivity index (χ3v) is 5.37. The van der Waals surface area contributed by atoms with Crippen molar-refractivity contribution < 1.29 is 0 Å². The number of nitrogen functional groups attached to an aromatic ring is 1. The first-order valence-corrected chi connectivity index (χ1v) is 9.64. The van der Waals surface area contributed by atoms with E-state index in [2.05, 4.69) is 33.3 Å². The molecule has 1 aliphatic heterocycles. The summed E-state index contributed by atoms with van der Waals surface area (Å²) in [7, 11) is 1.96. The number of aryl methyl sites for hydroxylation is 1. The standard InChI is InChI=1S/C21H23N7/c1-27-18-8-7-15(21-23-19(24-25-21)13-28-9-2-3-10-28)12-17(18)20(26-27)14-5-4-6-16(22)11-14/h4-8,11-12H,2-3,9-10,13,22H2,1H3,(H,23,24,25). The van der Waals surface area contributed by atoms with E-state index in [1.54, 1.807) is 0 Å². The van der Waals surface area contributed by atoms with Gasteiger partial charge < -0.3 is 5.73 Å². The van der Waals surface area contributed by atoms with E-state index in [-0.39, 0.29) is 0 Å². The number of H-pyrrole nitrogens is 1. The Labute approximate surface area is 163 Å². The average Bonchev–Trinajstić information content (AvgIpc) is 3.43. The maximum absolute atomic E-state index is 5.97. The minimum atomic E-state index is 0.721. The van der Waals surface area contributed by atoms with E-state index >= 15 is 0 Å². The van der Waals surface area contributed by atoms with Crippen molar-refractivity contribution in [3.8, 4) is 22.6 Å². The molecule has 4 aromatic rings. The second kappa shape index (κ2) is 6.76. The lowest BCUT2D eigenvalue weighted by atomic mass is 10.0. The molecule has 0 radical (unpaired) electrons. The molecule has 1 aliphatic rings. The van der Waals surface area contributed by atoms with Gasteiger partial charge in [-0.1, -0.05) is 12.1 Å². The lowest BCUT2D eigenvalue weighted by molar-refractivity contribution is 0.323. The van der Waals surface area contributed by atoms with Crippen LogP contribution in [0.4, 0.5) is 5.69 Å². The fraction of sp³-hybridized carbons (Fsp3) is 0.286.